The monoisotopic (exact) mass is 250 g/mol. The molecule has 0 fully saturated rings. The van der Waals surface area contributed by atoms with Crippen LogP contribution in [0.5, 0.6) is 0 Å². The minimum atomic E-state index is -0.560. The minimum absolute atomic E-state index is 0.00586. The van der Waals surface area contributed by atoms with Gasteiger partial charge >= 0.3 is 5.69 Å². The van der Waals surface area contributed by atoms with E-state index in [0.717, 1.165) is 12.8 Å². The molecule has 0 aromatic heterocycles. The van der Waals surface area contributed by atoms with Gasteiger partial charge in [0.2, 0.25) is 0 Å². The molecule has 0 atom stereocenters. The number of rotatable bonds is 7. The number of para-hydroxylation sites is 1. The van der Waals surface area contributed by atoms with Gasteiger partial charge in [-0.1, -0.05) is 11.2 Å². The highest BCUT2D eigenvalue weighted by atomic mass is 16.6. The maximum Gasteiger partial charge on any atom is 0.301 e. The van der Waals surface area contributed by atoms with Gasteiger partial charge in [-0.2, -0.15) is 0 Å². The molecule has 0 bridgehead atoms. The van der Waals surface area contributed by atoms with E-state index in [2.05, 4.69) is 15.3 Å². The number of unbranched alkanes of at least 4 members (excludes halogenated alkanes) is 1. The van der Waals surface area contributed by atoms with Crippen LogP contribution in [0.15, 0.2) is 23.3 Å². The number of hydrogen-bond donors (Lipinski definition) is 2. The summed E-state index contributed by atoms with van der Waals surface area (Å²) < 4.78 is 0. The summed E-state index contributed by atoms with van der Waals surface area (Å²) in [5.41, 5.74) is 13.9. The lowest BCUT2D eigenvalue weighted by molar-refractivity contribution is -0.383. The van der Waals surface area contributed by atoms with Gasteiger partial charge in [-0.3, -0.25) is 10.1 Å². The zero-order chi connectivity index (χ0) is 13.4. The third kappa shape index (κ3) is 3.62. The van der Waals surface area contributed by atoms with E-state index in [1.165, 1.54) is 6.07 Å². The van der Waals surface area contributed by atoms with Crippen LogP contribution in [-0.2, 0) is 0 Å². The summed E-state index contributed by atoms with van der Waals surface area (Å²) >= 11 is 0. The van der Waals surface area contributed by atoms with Gasteiger partial charge < -0.3 is 11.1 Å². The molecule has 18 heavy (non-hydrogen) atoms. The maximum atomic E-state index is 11.0. The number of nitro groups is 1. The fourth-order valence-electron chi connectivity index (χ4n) is 1.49. The molecule has 0 saturated heterocycles. The number of hydrogen-bond acceptors (Lipinski definition) is 5. The van der Waals surface area contributed by atoms with E-state index in [4.69, 9.17) is 11.3 Å². The van der Waals surface area contributed by atoms with Crippen molar-refractivity contribution in [2.75, 3.05) is 18.4 Å². The quantitative estimate of drug-likeness (QED) is 0.192. The lowest BCUT2D eigenvalue weighted by Crippen LogP contribution is -2.07. The number of nitro benzene ring substituents is 1. The molecule has 1 rings (SSSR count). The Morgan fingerprint density at radius 2 is 2.28 bits per heavy atom. The van der Waals surface area contributed by atoms with Crippen molar-refractivity contribution in [3.63, 3.8) is 0 Å². The summed E-state index contributed by atoms with van der Waals surface area (Å²) in [6.07, 6.45) is 1.66. The number of benzene rings is 1. The van der Waals surface area contributed by atoms with Crippen molar-refractivity contribution in [1.82, 2.24) is 0 Å². The molecule has 8 nitrogen and oxygen atoms in total. The highest BCUT2D eigenvalue weighted by Gasteiger charge is 2.18. The largest absolute Gasteiger partial charge is 0.379 e. The first-order valence-electron chi connectivity index (χ1n) is 5.47. The first-order valence-corrected chi connectivity index (χ1v) is 5.47. The summed E-state index contributed by atoms with van der Waals surface area (Å²) in [7, 11) is 0. The van der Waals surface area contributed by atoms with Gasteiger partial charge in [-0.05, 0) is 37.1 Å². The van der Waals surface area contributed by atoms with Crippen LogP contribution in [0.3, 0.4) is 0 Å². The maximum absolute atomic E-state index is 11.0. The van der Waals surface area contributed by atoms with Crippen molar-refractivity contribution >= 4 is 17.1 Å². The molecule has 0 spiro atoms. The van der Waals surface area contributed by atoms with Crippen LogP contribution < -0.4 is 11.1 Å². The van der Waals surface area contributed by atoms with Crippen LogP contribution in [0.1, 0.15) is 12.8 Å². The third-order valence-electron chi connectivity index (χ3n) is 2.30. The highest BCUT2D eigenvalue weighted by Crippen LogP contribution is 2.34. The Labute approximate surface area is 104 Å². The van der Waals surface area contributed by atoms with Crippen molar-refractivity contribution < 1.29 is 4.92 Å². The molecule has 3 N–H and O–H groups in total. The first kappa shape index (κ1) is 13.8. The number of anilines is 1. The molecule has 1 aromatic rings. The zero-order valence-corrected chi connectivity index (χ0v) is 9.74. The van der Waals surface area contributed by atoms with Crippen molar-refractivity contribution in [1.29, 1.82) is 0 Å². The first-order chi connectivity index (χ1) is 8.70. The van der Waals surface area contributed by atoms with Gasteiger partial charge in [0.25, 0.3) is 0 Å². The highest BCUT2D eigenvalue weighted by molar-refractivity contribution is 5.73. The Balaban J connectivity index is 2.92. The van der Waals surface area contributed by atoms with Crippen molar-refractivity contribution in [3.05, 3.63) is 38.8 Å². The van der Waals surface area contributed by atoms with Crippen LogP contribution in [0, 0.1) is 10.1 Å². The minimum Gasteiger partial charge on any atom is -0.379 e. The predicted octanol–water partition coefficient (Wildman–Crippen LogP) is 2.69. The van der Waals surface area contributed by atoms with Crippen LogP contribution in [0.2, 0.25) is 0 Å². The van der Waals surface area contributed by atoms with Crippen molar-refractivity contribution in [3.8, 4) is 0 Å². The second-order valence-corrected chi connectivity index (χ2v) is 3.54. The second kappa shape index (κ2) is 7.10. The third-order valence-corrected chi connectivity index (χ3v) is 2.30. The second-order valence-electron chi connectivity index (χ2n) is 3.54. The van der Waals surface area contributed by atoms with Crippen LogP contribution in [0.25, 0.3) is 10.4 Å². The topological polar surface area (TPSA) is 130 Å². The number of nitrogens with one attached hydrogen (secondary N) is 1. The Morgan fingerprint density at radius 3 is 2.89 bits per heavy atom. The van der Waals surface area contributed by atoms with Gasteiger partial charge in [-0.25, -0.2) is 0 Å². The van der Waals surface area contributed by atoms with Gasteiger partial charge in [0, 0.05) is 11.5 Å². The Hall–Kier alpha value is -2.31. The Bertz CT molecular complexity index is 469. The summed E-state index contributed by atoms with van der Waals surface area (Å²) in [5, 5.41) is 17.2. The summed E-state index contributed by atoms with van der Waals surface area (Å²) in [6, 6.07) is 4.59. The van der Waals surface area contributed by atoms with E-state index in [1.807, 2.05) is 0 Å². The molecule has 0 amide bonds. The lowest BCUT2D eigenvalue weighted by Gasteiger charge is -2.07. The standard InChI is InChI=1S/C10H14N6O2/c11-6-1-2-7-13-8-4-3-5-9(14-15-12)10(8)16(17)18/h3-5,13H,1-2,6-7,11H2. The number of nitrogens with two attached hydrogens (primary N) is 1. The van der Waals surface area contributed by atoms with Crippen molar-refractivity contribution in [2.45, 2.75) is 12.8 Å². The molecule has 0 unspecified atom stereocenters. The molecule has 8 heteroatoms. The van der Waals surface area contributed by atoms with Gasteiger partial charge in [0.1, 0.15) is 11.4 Å². The van der Waals surface area contributed by atoms with Crippen LogP contribution in [0.4, 0.5) is 17.1 Å². The lowest BCUT2D eigenvalue weighted by atomic mass is 10.2. The fourth-order valence-corrected chi connectivity index (χ4v) is 1.49. The van der Waals surface area contributed by atoms with Crippen LogP contribution >= 0.6 is 0 Å². The van der Waals surface area contributed by atoms with Gasteiger partial charge in [0.05, 0.1) is 4.92 Å². The van der Waals surface area contributed by atoms with Crippen molar-refractivity contribution in [2.24, 2.45) is 10.8 Å². The number of nitrogens with zero attached hydrogens (tertiary/aromatic N) is 4. The van der Waals surface area contributed by atoms with E-state index in [1.54, 1.807) is 12.1 Å². The average molecular weight is 250 g/mol. The zero-order valence-electron chi connectivity index (χ0n) is 9.74. The predicted molar refractivity (Wildman–Crippen MR) is 68.7 cm³/mol. The molecule has 96 valence electrons. The van der Waals surface area contributed by atoms with E-state index in [0.29, 0.717) is 18.8 Å². The molecule has 0 heterocycles. The Morgan fingerprint density at radius 1 is 1.50 bits per heavy atom. The number of azide groups is 1. The van der Waals surface area contributed by atoms with E-state index in [-0.39, 0.29) is 11.4 Å². The fraction of sp³-hybridized carbons (Fsp3) is 0.400. The SMILES string of the molecule is [N-]=[N+]=Nc1cccc(NCCCCN)c1[N+](=O)[O-]. The van der Waals surface area contributed by atoms with Crippen LogP contribution in [-0.4, -0.2) is 18.0 Å². The van der Waals surface area contributed by atoms with E-state index < -0.39 is 4.92 Å². The molecule has 0 saturated carbocycles. The molecular formula is C10H14N6O2. The summed E-state index contributed by atoms with van der Waals surface area (Å²) in [4.78, 5) is 13.0. The molecule has 0 radical (unpaired) electrons. The van der Waals surface area contributed by atoms with Gasteiger partial charge in [-0.15, -0.1) is 0 Å². The summed E-state index contributed by atoms with van der Waals surface area (Å²) in [6.45, 7) is 1.17. The molecule has 0 aliphatic rings. The summed E-state index contributed by atoms with van der Waals surface area (Å²) in [5.74, 6) is 0. The van der Waals surface area contributed by atoms with E-state index >= 15 is 0 Å². The molecule has 1 aromatic carbocycles. The van der Waals surface area contributed by atoms with Gasteiger partial charge in [0.15, 0.2) is 0 Å². The van der Waals surface area contributed by atoms with E-state index in [9.17, 15) is 10.1 Å². The smallest absolute Gasteiger partial charge is 0.301 e. The Kier molecular flexibility index (Phi) is 5.43. The molecular weight excluding hydrogens is 236 g/mol. The molecule has 0 aliphatic heterocycles. The normalized spacial score (nSPS) is 9.61. The average Bonchev–Trinajstić information content (AvgIpc) is 2.35. The molecule has 0 aliphatic carbocycles.